The van der Waals surface area contributed by atoms with Gasteiger partial charge in [0.2, 0.25) is 11.1 Å². The van der Waals surface area contributed by atoms with E-state index in [0.717, 1.165) is 17.0 Å². The standard InChI is InChI=1S/C19H21N5O3S/c1-4-27-15-8-6-14(7-9-15)24-19(21-22-23-24)28-12-18(25)20-16-11-13(2)5-10-17(16)26-3/h5-11H,4,12H2,1-3H3,(H,20,25). The highest BCUT2D eigenvalue weighted by Crippen LogP contribution is 2.26. The lowest BCUT2D eigenvalue weighted by Crippen LogP contribution is -2.15. The molecule has 8 nitrogen and oxygen atoms in total. The number of carbonyl (C=O) groups excluding carboxylic acids is 1. The molecule has 3 rings (SSSR count). The fraction of sp³-hybridized carbons (Fsp3) is 0.263. The molecule has 28 heavy (non-hydrogen) atoms. The van der Waals surface area contributed by atoms with Crippen molar-refractivity contribution in [2.75, 3.05) is 24.8 Å². The van der Waals surface area contributed by atoms with Crippen LogP contribution in [0.5, 0.6) is 11.5 Å². The second-order valence-corrected chi connectivity index (χ2v) is 6.78. The van der Waals surface area contributed by atoms with Gasteiger partial charge in [-0.3, -0.25) is 4.79 Å². The largest absolute Gasteiger partial charge is 0.495 e. The summed E-state index contributed by atoms with van der Waals surface area (Å²) in [5.41, 5.74) is 2.46. The van der Waals surface area contributed by atoms with Crippen molar-refractivity contribution in [3.05, 3.63) is 48.0 Å². The van der Waals surface area contributed by atoms with E-state index >= 15 is 0 Å². The Labute approximate surface area is 167 Å². The smallest absolute Gasteiger partial charge is 0.234 e. The molecule has 9 heteroatoms. The molecule has 0 spiro atoms. The predicted molar refractivity (Wildman–Crippen MR) is 107 cm³/mol. The molecular formula is C19H21N5O3S. The minimum atomic E-state index is -0.171. The molecular weight excluding hydrogens is 378 g/mol. The van der Waals surface area contributed by atoms with Crippen molar-refractivity contribution in [1.82, 2.24) is 20.2 Å². The molecule has 0 atom stereocenters. The zero-order chi connectivity index (χ0) is 19.9. The number of aryl methyl sites for hydroxylation is 1. The summed E-state index contributed by atoms with van der Waals surface area (Å²) in [6, 6.07) is 13.0. The van der Waals surface area contributed by atoms with Crippen molar-refractivity contribution in [2.24, 2.45) is 0 Å². The normalized spacial score (nSPS) is 10.5. The number of ether oxygens (including phenoxy) is 2. The van der Waals surface area contributed by atoms with Crippen LogP contribution in [0.15, 0.2) is 47.6 Å². The topological polar surface area (TPSA) is 91.2 Å². The van der Waals surface area contributed by atoms with E-state index in [-0.39, 0.29) is 11.7 Å². The van der Waals surface area contributed by atoms with Gasteiger partial charge in [0.1, 0.15) is 11.5 Å². The van der Waals surface area contributed by atoms with Crippen molar-refractivity contribution >= 4 is 23.4 Å². The summed E-state index contributed by atoms with van der Waals surface area (Å²) in [5, 5.41) is 15.1. The number of carbonyl (C=O) groups is 1. The second-order valence-electron chi connectivity index (χ2n) is 5.84. The number of nitrogens with zero attached hydrogens (tertiary/aromatic N) is 4. The van der Waals surface area contributed by atoms with Gasteiger partial charge in [-0.2, -0.15) is 4.68 Å². The fourth-order valence-electron chi connectivity index (χ4n) is 2.52. The molecule has 146 valence electrons. The SMILES string of the molecule is CCOc1ccc(-n2nnnc2SCC(=O)Nc2cc(C)ccc2OC)cc1. The zero-order valence-electron chi connectivity index (χ0n) is 15.9. The minimum absolute atomic E-state index is 0.161. The van der Waals surface area contributed by atoms with E-state index in [1.165, 1.54) is 11.8 Å². The van der Waals surface area contributed by atoms with Gasteiger partial charge in [-0.1, -0.05) is 17.8 Å². The first-order chi connectivity index (χ1) is 13.6. The van der Waals surface area contributed by atoms with Gasteiger partial charge in [0.25, 0.3) is 0 Å². The van der Waals surface area contributed by atoms with Crippen LogP contribution in [0.25, 0.3) is 5.69 Å². The lowest BCUT2D eigenvalue weighted by Gasteiger charge is -2.11. The highest BCUT2D eigenvalue weighted by molar-refractivity contribution is 7.99. The van der Waals surface area contributed by atoms with Crippen LogP contribution in [0.2, 0.25) is 0 Å². The van der Waals surface area contributed by atoms with E-state index in [2.05, 4.69) is 20.8 Å². The summed E-state index contributed by atoms with van der Waals surface area (Å²) in [6.07, 6.45) is 0. The Hall–Kier alpha value is -3.07. The molecule has 1 N–H and O–H groups in total. The number of nitrogens with one attached hydrogen (secondary N) is 1. The van der Waals surface area contributed by atoms with Gasteiger partial charge in [0, 0.05) is 0 Å². The molecule has 1 heterocycles. The van der Waals surface area contributed by atoms with Crippen LogP contribution in [0, 0.1) is 6.92 Å². The maximum absolute atomic E-state index is 12.4. The number of tetrazole rings is 1. The zero-order valence-corrected chi connectivity index (χ0v) is 16.7. The number of benzene rings is 2. The van der Waals surface area contributed by atoms with Crippen molar-refractivity contribution < 1.29 is 14.3 Å². The Kier molecular flexibility index (Phi) is 6.49. The highest BCUT2D eigenvalue weighted by Gasteiger charge is 2.13. The Balaban J connectivity index is 1.65. The molecule has 0 bridgehead atoms. The molecule has 0 aliphatic carbocycles. The van der Waals surface area contributed by atoms with Crippen LogP contribution in [0.3, 0.4) is 0 Å². The lowest BCUT2D eigenvalue weighted by atomic mass is 10.2. The van der Waals surface area contributed by atoms with E-state index in [1.807, 2.05) is 56.3 Å². The second kappa shape index (κ2) is 9.23. The molecule has 3 aromatic rings. The number of rotatable bonds is 8. The number of aromatic nitrogens is 4. The van der Waals surface area contributed by atoms with Crippen molar-refractivity contribution in [2.45, 2.75) is 19.0 Å². The third kappa shape index (κ3) is 4.80. The number of hydrogen-bond acceptors (Lipinski definition) is 7. The van der Waals surface area contributed by atoms with Crippen LogP contribution < -0.4 is 14.8 Å². The summed E-state index contributed by atoms with van der Waals surface area (Å²) < 4.78 is 12.3. The minimum Gasteiger partial charge on any atom is -0.495 e. The summed E-state index contributed by atoms with van der Waals surface area (Å²) in [5.74, 6) is 1.38. The molecule has 0 saturated heterocycles. The Morgan fingerprint density at radius 1 is 1.21 bits per heavy atom. The van der Waals surface area contributed by atoms with Gasteiger partial charge in [0.05, 0.1) is 30.8 Å². The number of thioether (sulfide) groups is 1. The van der Waals surface area contributed by atoms with Gasteiger partial charge in [-0.05, 0) is 66.2 Å². The first-order valence-corrected chi connectivity index (χ1v) is 9.68. The third-order valence-electron chi connectivity index (χ3n) is 3.79. The molecule has 0 unspecified atom stereocenters. The van der Waals surface area contributed by atoms with Gasteiger partial charge in [0.15, 0.2) is 0 Å². The van der Waals surface area contributed by atoms with Crippen molar-refractivity contribution in [1.29, 1.82) is 0 Å². The first-order valence-electron chi connectivity index (χ1n) is 8.69. The van der Waals surface area contributed by atoms with Gasteiger partial charge in [-0.15, -0.1) is 5.10 Å². The lowest BCUT2D eigenvalue weighted by molar-refractivity contribution is -0.113. The molecule has 1 amide bonds. The van der Waals surface area contributed by atoms with Gasteiger partial charge < -0.3 is 14.8 Å². The molecule has 1 aromatic heterocycles. The summed E-state index contributed by atoms with van der Waals surface area (Å²) in [4.78, 5) is 12.4. The van der Waals surface area contributed by atoms with Crippen LogP contribution in [0.1, 0.15) is 12.5 Å². The average molecular weight is 399 g/mol. The summed E-state index contributed by atoms with van der Waals surface area (Å²) in [6.45, 7) is 4.49. The van der Waals surface area contributed by atoms with Crippen LogP contribution in [-0.2, 0) is 4.79 Å². The Bertz CT molecular complexity index is 943. The number of anilines is 1. The molecule has 0 aliphatic rings. The van der Waals surface area contributed by atoms with E-state index < -0.39 is 0 Å². The third-order valence-corrected chi connectivity index (χ3v) is 4.71. The first kappa shape index (κ1) is 19.7. The predicted octanol–water partition coefficient (Wildman–Crippen LogP) is 3.11. The van der Waals surface area contributed by atoms with Gasteiger partial charge >= 0.3 is 0 Å². The van der Waals surface area contributed by atoms with Crippen molar-refractivity contribution in [3.8, 4) is 17.2 Å². The summed E-state index contributed by atoms with van der Waals surface area (Å²) >= 11 is 1.25. The highest BCUT2D eigenvalue weighted by atomic mass is 32.2. The van der Waals surface area contributed by atoms with E-state index in [9.17, 15) is 4.79 Å². The van der Waals surface area contributed by atoms with Crippen molar-refractivity contribution in [3.63, 3.8) is 0 Å². The number of amides is 1. The maximum atomic E-state index is 12.4. The molecule has 0 radical (unpaired) electrons. The Morgan fingerprint density at radius 2 is 2.00 bits per heavy atom. The van der Waals surface area contributed by atoms with Crippen LogP contribution >= 0.6 is 11.8 Å². The average Bonchev–Trinajstić information content (AvgIpc) is 3.16. The summed E-state index contributed by atoms with van der Waals surface area (Å²) in [7, 11) is 1.57. The quantitative estimate of drug-likeness (QED) is 0.582. The molecule has 2 aromatic carbocycles. The van der Waals surface area contributed by atoms with Crippen LogP contribution in [-0.4, -0.2) is 45.6 Å². The molecule has 0 fully saturated rings. The fourth-order valence-corrected chi connectivity index (χ4v) is 3.21. The van der Waals surface area contributed by atoms with Gasteiger partial charge in [-0.25, -0.2) is 0 Å². The Morgan fingerprint density at radius 3 is 2.71 bits per heavy atom. The van der Waals surface area contributed by atoms with Crippen LogP contribution in [0.4, 0.5) is 5.69 Å². The number of hydrogen-bond donors (Lipinski definition) is 1. The number of methoxy groups -OCH3 is 1. The maximum Gasteiger partial charge on any atom is 0.234 e. The van der Waals surface area contributed by atoms with E-state index in [4.69, 9.17) is 9.47 Å². The van der Waals surface area contributed by atoms with E-state index in [0.29, 0.717) is 23.2 Å². The molecule has 0 saturated carbocycles. The molecule has 0 aliphatic heterocycles. The van der Waals surface area contributed by atoms with E-state index in [1.54, 1.807) is 11.8 Å². The monoisotopic (exact) mass is 399 g/mol.